The van der Waals surface area contributed by atoms with E-state index in [0.29, 0.717) is 19.8 Å². The molecule has 0 spiro atoms. The molecular formula is C10H19IN2O3. The van der Waals surface area contributed by atoms with Crippen molar-refractivity contribution in [3.05, 3.63) is 12.2 Å². The van der Waals surface area contributed by atoms with Gasteiger partial charge in [0, 0.05) is 17.5 Å². The molecule has 1 amide bonds. The van der Waals surface area contributed by atoms with Crippen LogP contribution in [-0.2, 0) is 9.47 Å². The van der Waals surface area contributed by atoms with Gasteiger partial charge in [0.1, 0.15) is 6.61 Å². The predicted molar refractivity (Wildman–Crippen MR) is 72.1 cm³/mol. The van der Waals surface area contributed by atoms with Gasteiger partial charge < -0.3 is 20.1 Å². The molecule has 0 saturated carbocycles. The summed E-state index contributed by atoms with van der Waals surface area (Å²) in [4.78, 5) is 11.1. The molecule has 0 aliphatic rings. The number of nitrogens with one attached hydrogen (secondary N) is 2. The van der Waals surface area contributed by atoms with Crippen LogP contribution in [-0.4, -0.2) is 50.5 Å². The number of rotatable bonds is 9. The van der Waals surface area contributed by atoms with Gasteiger partial charge in [0.2, 0.25) is 0 Å². The van der Waals surface area contributed by atoms with Gasteiger partial charge in [-0.3, -0.25) is 0 Å². The summed E-state index contributed by atoms with van der Waals surface area (Å²) in [5.41, 5.74) is 0.751. The van der Waals surface area contributed by atoms with Gasteiger partial charge in [-0.05, 0) is 12.6 Å². The Kier molecular flexibility index (Phi) is 10.9. The largest absolute Gasteiger partial charge is 0.445 e. The fraction of sp³-hybridized carbons (Fsp3) is 0.700. The van der Waals surface area contributed by atoms with E-state index < -0.39 is 6.09 Å². The van der Waals surface area contributed by atoms with Crippen molar-refractivity contribution < 1.29 is 14.3 Å². The van der Waals surface area contributed by atoms with Gasteiger partial charge in [0.25, 0.3) is 0 Å². The second-order valence-electron chi connectivity index (χ2n) is 3.10. The van der Waals surface area contributed by atoms with E-state index in [0.717, 1.165) is 16.5 Å². The molecule has 16 heavy (non-hydrogen) atoms. The number of hydrogen-bond donors (Lipinski definition) is 2. The third-order valence-corrected chi connectivity index (χ3v) is 2.11. The minimum absolute atomic E-state index is 0.201. The van der Waals surface area contributed by atoms with Crippen LogP contribution in [0, 0.1) is 0 Å². The Morgan fingerprint density at radius 1 is 1.38 bits per heavy atom. The van der Waals surface area contributed by atoms with E-state index in [4.69, 9.17) is 9.47 Å². The lowest BCUT2D eigenvalue weighted by Gasteiger charge is -2.08. The third-order valence-electron chi connectivity index (χ3n) is 1.57. The molecule has 0 aromatic rings. The van der Waals surface area contributed by atoms with Crippen molar-refractivity contribution in [3.63, 3.8) is 0 Å². The van der Waals surface area contributed by atoms with E-state index in [1.165, 1.54) is 0 Å². The third kappa shape index (κ3) is 10.2. The van der Waals surface area contributed by atoms with E-state index in [2.05, 4.69) is 39.8 Å². The summed E-state index contributed by atoms with van der Waals surface area (Å²) < 4.78 is 11.1. The van der Waals surface area contributed by atoms with Gasteiger partial charge in [0.05, 0.1) is 13.2 Å². The number of carbonyl (C=O) groups excluding carboxylic acids is 1. The zero-order valence-electron chi connectivity index (χ0n) is 9.55. The zero-order chi connectivity index (χ0) is 12.2. The minimum Gasteiger partial charge on any atom is -0.445 e. The summed E-state index contributed by atoms with van der Waals surface area (Å²) in [6.45, 7) is 6.40. The number of halogens is 1. The highest BCUT2D eigenvalue weighted by Gasteiger charge is 2.02. The molecule has 0 aromatic heterocycles. The SMILES string of the molecule is C=C(COCCNC)COC(=O)NCCI. The van der Waals surface area contributed by atoms with E-state index in [-0.39, 0.29) is 6.61 Å². The normalized spacial score (nSPS) is 9.88. The van der Waals surface area contributed by atoms with Crippen LogP contribution in [0.5, 0.6) is 0 Å². The van der Waals surface area contributed by atoms with Crippen molar-refractivity contribution in [1.82, 2.24) is 10.6 Å². The lowest BCUT2D eigenvalue weighted by molar-refractivity contribution is 0.132. The van der Waals surface area contributed by atoms with Crippen LogP contribution in [0.2, 0.25) is 0 Å². The van der Waals surface area contributed by atoms with Crippen molar-refractivity contribution in [1.29, 1.82) is 0 Å². The Morgan fingerprint density at radius 2 is 2.12 bits per heavy atom. The summed E-state index contributed by atoms with van der Waals surface area (Å²) in [5.74, 6) is 0. The molecule has 6 heteroatoms. The zero-order valence-corrected chi connectivity index (χ0v) is 11.7. The van der Waals surface area contributed by atoms with E-state index in [1.54, 1.807) is 0 Å². The topological polar surface area (TPSA) is 59.6 Å². The number of ether oxygens (including phenoxy) is 2. The van der Waals surface area contributed by atoms with Gasteiger partial charge in [-0.2, -0.15) is 0 Å². The van der Waals surface area contributed by atoms with Crippen molar-refractivity contribution in [2.75, 3.05) is 44.4 Å². The highest BCUT2D eigenvalue weighted by Crippen LogP contribution is 1.93. The highest BCUT2D eigenvalue weighted by atomic mass is 127. The number of amides is 1. The van der Waals surface area contributed by atoms with Crippen LogP contribution in [0.15, 0.2) is 12.2 Å². The first-order valence-corrected chi connectivity index (χ1v) is 6.58. The van der Waals surface area contributed by atoms with Crippen LogP contribution in [0.4, 0.5) is 4.79 Å². The number of likely N-dealkylation sites (N-methyl/N-ethyl adjacent to an activating group) is 1. The Balaban J connectivity index is 3.38. The maximum atomic E-state index is 11.1. The minimum atomic E-state index is -0.409. The molecule has 0 aliphatic heterocycles. The Morgan fingerprint density at radius 3 is 2.75 bits per heavy atom. The molecule has 0 atom stereocenters. The number of carbonyl (C=O) groups is 1. The monoisotopic (exact) mass is 342 g/mol. The number of hydrogen-bond acceptors (Lipinski definition) is 4. The Hall–Kier alpha value is -0.340. The van der Waals surface area contributed by atoms with Crippen LogP contribution in [0.1, 0.15) is 0 Å². The molecule has 0 rings (SSSR count). The average Bonchev–Trinajstić information content (AvgIpc) is 2.29. The van der Waals surface area contributed by atoms with E-state index >= 15 is 0 Å². The second kappa shape index (κ2) is 11.2. The predicted octanol–water partition coefficient (Wildman–Crippen LogP) is 0.940. The molecule has 0 unspecified atom stereocenters. The van der Waals surface area contributed by atoms with Gasteiger partial charge in [0.15, 0.2) is 0 Å². The summed E-state index contributed by atoms with van der Waals surface area (Å²) >= 11 is 2.17. The Labute approximate surface area is 110 Å². The Bertz CT molecular complexity index is 212. The van der Waals surface area contributed by atoms with E-state index in [1.807, 2.05) is 7.05 Å². The first-order valence-electron chi connectivity index (χ1n) is 5.06. The van der Waals surface area contributed by atoms with Gasteiger partial charge in [-0.15, -0.1) is 0 Å². The summed E-state index contributed by atoms with van der Waals surface area (Å²) in [7, 11) is 1.86. The molecule has 0 bridgehead atoms. The van der Waals surface area contributed by atoms with Crippen LogP contribution in [0.25, 0.3) is 0 Å². The first-order chi connectivity index (χ1) is 7.70. The summed E-state index contributed by atoms with van der Waals surface area (Å²) in [6, 6.07) is 0. The van der Waals surface area contributed by atoms with Crippen LogP contribution >= 0.6 is 22.6 Å². The maximum absolute atomic E-state index is 11.1. The lowest BCUT2D eigenvalue weighted by atomic mass is 10.3. The summed E-state index contributed by atoms with van der Waals surface area (Å²) in [5, 5.41) is 5.57. The average molecular weight is 342 g/mol. The standard InChI is InChI=1S/C10H19IN2O3/c1-9(7-15-6-5-12-2)8-16-10(14)13-4-3-11/h12H,1,3-8H2,2H3,(H,13,14). The smallest absolute Gasteiger partial charge is 0.407 e. The lowest BCUT2D eigenvalue weighted by Crippen LogP contribution is -2.27. The molecule has 94 valence electrons. The molecule has 2 N–H and O–H groups in total. The molecule has 0 radical (unpaired) electrons. The molecule has 0 aliphatic carbocycles. The molecule has 0 heterocycles. The molecule has 0 aromatic carbocycles. The van der Waals surface area contributed by atoms with Crippen molar-refractivity contribution in [3.8, 4) is 0 Å². The van der Waals surface area contributed by atoms with Crippen molar-refractivity contribution in [2.45, 2.75) is 0 Å². The highest BCUT2D eigenvalue weighted by molar-refractivity contribution is 14.1. The van der Waals surface area contributed by atoms with Crippen LogP contribution in [0.3, 0.4) is 0 Å². The van der Waals surface area contributed by atoms with Gasteiger partial charge >= 0.3 is 6.09 Å². The molecule has 0 saturated heterocycles. The number of alkyl halides is 1. The van der Waals surface area contributed by atoms with Crippen molar-refractivity contribution in [2.24, 2.45) is 0 Å². The fourth-order valence-corrected chi connectivity index (χ4v) is 1.07. The summed E-state index contributed by atoms with van der Waals surface area (Å²) in [6.07, 6.45) is -0.409. The van der Waals surface area contributed by atoms with Crippen LogP contribution < -0.4 is 10.6 Å². The molecular weight excluding hydrogens is 323 g/mol. The number of alkyl carbamates (subject to hydrolysis) is 1. The first kappa shape index (κ1) is 15.7. The van der Waals surface area contributed by atoms with Gasteiger partial charge in [-0.25, -0.2) is 4.79 Å². The fourth-order valence-electron chi connectivity index (χ4n) is 0.800. The molecule has 5 nitrogen and oxygen atoms in total. The van der Waals surface area contributed by atoms with E-state index in [9.17, 15) is 4.79 Å². The maximum Gasteiger partial charge on any atom is 0.407 e. The van der Waals surface area contributed by atoms with Crippen molar-refractivity contribution >= 4 is 28.7 Å². The quantitative estimate of drug-likeness (QED) is 0.283. The molecule has 0 fully saturated rings. The van der Waals surface area contributed by atoms with Gasteiger partial charge in [-0.1, -0.05) is 29.2 Å². The second-order valence-corrected chi connectivity index (χ2v) is 4.18.